The van der Waals surface area contributed by atoms with E-state index in [2.05, 4.69) is 16.8 Å². The third kappa shape index (κ3) is 4.02. The van der Waals surface area contributed by atoms with Crippen LogP contribution in [0.25, 0.3) is 32.1 Å². The highest BCUT2D eigenvalue weighted by molar-refractivity contribution is 7.98. The predicted octanol–water partition coefficient (Wildman–Crippen LogP) is 5.65. The van der Waals surface area contributed by atoms with Gasteiger partial charge in [0.25, 0.3) is 5.56 Å². The van der Waals surface area contributed by atoms with Crippen LogP contribution >= 0.6 is 23.1 Å². The van der Waals surface area contributed by atoms with Gasteiger partial charge >= 0.3 is 0 Å². The molecule has 0 radical (unpaired) electrons. The average molecular weight is 459 g/mol. The molecule has 3 heterocycles. The maximum Gasteiger partial charge on any atom is 0.263 e. The Bertz CT molecular complexity index is 1440. The van der Waals surface area contributed by atoms with Crippen LogP contribution in [0.5, 0.6) is 0 Å². The first-order valence-corrected chi connectivity index (χ1v) is 11.7. The van der Waals surface area contributed by atoms with Crippen molar-refractivity contribution in [1.82, 2.24) is 19.7 Å². The molecule has 0 bridgehead atoms. The molecule has 158 valence electrons. The average Bonchev–Trinajstić information content (AvgIpc) is 3.49. The minimum absolute atomic E-state index is 0.0775. The smallest absolute Gasteiger partial charge is 0.263 e. The molecule has 32 heavy (non-hydrogen) atoms. The van der Waals surface area contributed by atoms with Crippen LogP contribution in [0, 0.1) is 0 Å². The second kappa shape index (κ2) is 8.94. The molecule has 0 aliphatic carbocycles. The predicted molar refractivity (Wildman–Crippen MR) is 129 cm³/mol. The van der Waals surface area contributed by atoms with Crippen LogP contribution in [-0.4, -0.2) is 19.7 Å². The van der Waals surface area contributed by atoms with Gasteiger partial charge in [0.2, 0.25) is 11.8 Å². The zero-order chi connectivity index (χ0) is 21.9. The maximum absolute atomic E-state index is 13.2. The highest BCUT2D eigenvalue weighted by Crippen LogP contribution is 2.32. The molecule has 0 unspecified atom stereocenters. The molecule has 5 aromatic rings. The van der Waals surface area contributed by atoms with Gasteiger partial charge in [-0.1, -0.05) is 66.4 Å². The first kappa shape index (κ1) is 20.4. The quantitative estimate of drug-likeness (QED) is 0.178. The number of rotatable bonds is 7. The number of benzene rings is 2. The number of thioether (sulfide) groups is 1. The lowest BCUT2D eigenvalue weighted by Gasteiger charge is -2.08. The van der Waals surface area contributed by atoms with Crippen LogP contribution < -0.4 is 5.56 Å². The van der Waals surface area contributed by atoms with E-state index in [4.69, 9.17) is 9.40 Å². The van der Waals surface area contributed by atoms with Gasteiger partial charge in [-0.3, -0.25) is 9.36 Å². The summed E-state index contributed by atoms with van der Waals surface area (Å²) in [5.74, 6) is 1.36. The van der Waals surface area contributed by atoms with Gasteiger partial charge in [0.1, 0.15) is 4.83 Å². The fourth-order valence-corrected chi connectivity index (χ4v) is 5.20. The van der Waals surface area contributed by atoms with Crippen LogP contribution in [0.2, 0.25) is 0 Å². The summed E-state index contributed by atoms with van der Waals surface area (Å²) in [5.41, 5.74) is 1.86. The summed E-state index contributed by atoms with van der Waals surface area (Å²) in [5, 5.41) is 9.49. The Morgan fingerprint density at radius 3 is 2.47 bits per heavy atom. The first-order valence-electron chi connectivity index (χ1n) is 9.94. The van der Waals surface area contributed by atoms with Gasteiger partial charge in [-0.2, -0.15) is 0 Å². The molecule has 0 aliphatic rings. The molecule has 5 rings (SSSR count). The molecule has 3 aromatic heterocycles. The van der Waals surface area contributed by atoms with Crippen molar-refractivity contribution in [2.24, 2.45) is 0 Å². The van der Waals surface area contributed by atoms with E-state index in [9.17, 15) is 4.79 Å². The lowest BCUT2D eigenvalue weighted by atomic mass is 10.2. The Kier molecular flexibility index (Phi) is 5.70. The van der Waals surface area contributed by atoms with Crippen molar-refractivity contribution in [1.29, 1.82) is 0 Å². The summed E-state index contributed by atoms with van der Waals surface area (Å²) >= 11 is 2.91. The van der Waals surface area contributed by atoms with Gasteiger partial charge in [-0.05, 0) is 23.8 Å². The zero-order valence-electron chi connectivity index (χ0n) is 17.0. The van der Waals surface area contributed by atoms with E-state index in [0.29, 0.717) is 39.5 Å². The molecule has 0 saturated heterocycles. The van der Waals surface area contributed by atoms with E-state index in [1.54, 1.807) is 10.6 Å². The van der Waals surface area contributed by atoms with Crippen molar-refractivity contribution in [2.75, 3.05) is 0 Å². The van der Waals surface area contributed by atoms with Crippen molar-refractivity contribution in [2.45, 2.75) is 17.5 Å². The van der Waals surface area contributed by atoms with Gasteiger partial charge in [0.05, 0.1) is 11.1 Å². The third-order valence-electron chi connectivity index (χ3n) is 4.80. The maximum atomic E-state index is 13.2. The fourth-order valence-electron chi connectivity index (χ4n) is 3.28. The van der Waals surface area contributed by atoms with E-state index in [-0.39, 0.29) is 5.56 Å². The van der Waals surface area contributed by atoms with Gasteiger partial charge in [-0.25, -0.2) is 4.98 Å². The van der Waals surface area contributed by atoms with Crippen molar-refractivity contribution in [3.63, 3.8) is 0 Å². The van der Waals surface area contributed by atoms with Crippen molar-refractivity contribution in [3.05, 3.63) is 95.6 Å². The zero-order valence-corrected chi connectivity index (χ0v) is 18.6. The highest BCUT2D eigenvalue weighted by atomic mass is 32.2. The largest absolute Gasteiger partial charge is 0.420 e. The van der Waals surface area contributed by atoms with Crippen LogP contribution in [-0.2, 0) is 12.3 Å². The number of hydrogen-bond donors (Lipinski definition) is 0. The lowest BCUT2D eigenvalue weighted by molar-refractivity contribution is 0.528. The Morgan fingerprint density at radius 1 is 1.03 bits per heavy atom. The minimum Gasteiger partial charge on any atom is -0.420 e. The summed E-state index contributed by atoms with van der Waals surface area (Å²) in [6, 6.07) is 21.5. The second-order valence-electron chi connectivity index (χ2n) is 6.95. The number of thiophene rings is 1. The Hall–Kier alpha value is -3.49. The molecule has 0 saturated carbocycles. The molecule has 6 nitrogen and oxygen atoms in total. The number of fused-ring (bicyclic) bond motifs is 1. The Labute approximate surface area is 192 Å². The minimum atomic E-state index is -0.0775. The third-order valence-corrected chi connectivity index (χ3v) is 6.84. The van der Waals surface area contributed by atoms with Gasteiger partial charge in [0.15, 0.2) is 5.16 Å². The van der Waals surface area contributed by atoms with Gasteiger partial charge < -0.3 is 4.42 Å². The molecule has 2 aromatic carbocycles. The molecule has 0 atom stereocenters. The van der Waals surface area contributed by atoms with Crippen molar-refractivity contribution in [3.8, 4) is 21.9 Å². The monoisotopic (exact) mass is 458 g/mol. The van der Waals surface area contributed by atoms with E-state index in [0.717, 1.165) is 16.0 Å². The van der Waals surface area contributed by atoms with Crippen molar-refractivity contribution < 1.29 is 4.42 Å². The van der Waals surface area contributed by atoms with Crippen LogP contribution in [0.15, 0.2) is 93.8 Å². The fraction of sp³-hybridized carbons (Fsp3) is 0.0833. The highest BCUT2D eigenvalue weighted by Gasteiger charge is 2.16. The SMILES string of the molecule is C=CCn1c(SCc2nnc(-c3ccccc3)o2)nc2sc(-c3ccccc3)cc2c1=O. The summed E-state index contributed by atoms with van der Waals surface area (Å²) < 4.78 is 7.43. The molecule has 0 amide bonds. The molecule has 0 spiro atoms. The van der Waals surface area contributed by atoms with Gasteiger partial charge in [0, 0.05) is 17.0 Å². The van der Waals surface area contributed by atoms with E-state index < -0.39 is 0 Å². The van der Waals surface area contributed by atoms with Crippen molar-refractivity contribution >= 4 is 33.3 Å². The molecule has 0 aliphatic heterocycles. The molecular formula is C24H18N4O2S2. The number of nitrogens with zero attached hydrogens (tertiary/aromatic N) is 4. The first-order chi connectivity index (χ1) is 15.7. The Morgan fingerprint density at radius 2 is 1.75 bits per heavy atom. The van der Waals surface area contributed by atoms with E-state index in [1.807, 2.05) is 66.7 Å². The summed E-state index contributed by atoms with van der Waals surface area (Å²) in [4.78, 5) is 19.7. The number of hydrogen-bond acceptors (Lipinski definition) is 7. The molecule has 0 N–H and O–H groups in total. The normalized spacial score (nSPS) is 11.1. The standard InChI is InChI=1S/C24H18N4O2S2/c1-2-13-28-23(29)18-14-19(16-9-5-3-6-10-16)32-22(18)25-24(28)31-15-20-26-27-21(30-20)17-11-7-4-8-12-17/h2-12,14H,1,13,15H2. The Balaban J connectivity index is 1.46. The molecule has 8 heteroatoms. The van der Waals surface area contributed by atoms with Crippen LogP contribution in [0.3, 0.4) is 0 Å². The summed E-state index contributed by atoms with van der Waals surface area (Å²) in [6.07, 6.45) is 1.70. The van der Waals surface area contributed by atoms with E-state index in [1.165, 1.54) is 23.1 Å². The summed E-state index contributed by atoms with van der Waals surface area (Å²) in [7, 11) is 0. The summed E-state index contributed by atoms with van der Waals surface area (Å²) in [6.45, 7) is 4.17. The topological polar surface area (TPSA) is 73.8 Å². The molecule has 0 fully saturated rings. The van der Waals surface area contributed by atoms with E-state index >= 15 is 0 Å². The lowest BCUT2D eigenvalue weighted by Crippen LogP contribution is -2.22. The molecular weight excluding hydrogens is 440 g/mol. The second-order valence-corrected chi connectivity index (χ2v) is 8.92. The van der Waals surface area contributed by atoms with Crippen LogP contribution in [0.4, 0.5) is 0 Å². The number of aromatic nitrogens is 4. The van der Waals surface area contributed by atoms with Crippen LogP contribution in [0.1, 0.15) is 5.89 Å². The van der Waals surface area contributed by atoms with Gasteiger partial charge in [-0.15, -0.1) is 28.1 Å². The number of allylic oxidation sites excluding steroid dienone is 1.